The summed E-state index contributed by atoms with van der Waals surface area (Å²) in [5, 5.41) is 8.96. The number of aliphatic hydroxyl groups excluding tert-OH is 1. The van der Waals surface area contributed by atoms with Crippen LogP contribution in [0.3, 0.4) is 0 Å². The number of morpholine rings is 1. The lowest BCUT2D eigenvalue weighted by Crippen LogP contribution is -2.51. The number of nitrogens with zero attached hydrogens (tertiary/aromatic N) is 2. The monoisotopic (exact) mass is 270 g/mol. The number of hydrogen-bond donors (Lipinski definition) is 1. The van der Waals surface area contributed by atoms with Crippen molar-refractivity contribution in [2.45, 2.75) is 44.7 Å². The molecule has 2 unspecified atom stereocenters. The van der Waals surface area contributed by atoms with E-state index >= 15 is 0 Å². The highest BCUT2D eigenvalue weighted by atomic mass is 16.5. The summed E-state index contributed by atoms with van der Waals surface area (Å²) in [6, 6.07) is 0.427. The Morgan fingerprint density at radius 3 is 2.79 bits per heavy atom. The molecule has 0 radical (unpaired) electrons. The highest BCUT2D eigenvalue weighted by molar-refractivity contribution is 5.81. The third-order valence-electron chi connectivity index (χ3n) is 4.30. The van der Waals surface area contributed by atoms with Crippen molar-refractivity contribution in [1.29, 1.82) is 0 Å². The summed E-state index contributed by atoms with van der Waals surface area (Å²) in [5.74, 6) is 0.235. The number of carbonyl (C=O) groups is 1. The SMILES string of the molecule is CC(C(=O)N1CCOCC1)N1CCCC1CCCO. The molecule has 0 aromatic heterocycles. The van der Waals surface area contributed by atoms with Crippen LogP contribution >= 0.6 is 0 Å². The van der Waals surface area contributed by atoms with E-state index in [1.807, 2.05) is 11.8 Å². The van der Waals surface area contributed by atoms with Crippen LogP contribution in [0.5, 0.6) is 0 Å². The van der Waals surface area contributed by atoms with E-state index < -0.39 is 0 Å². The van der Waals surface area contributed by atoms with Gasteiger partial charge in [-0.15, -0.1) is 0 Å². The fourth-order valence-corrected chi connectivity index (χ4v) is 3.19. The molecule has 0 saturated carbocycles. The van der Waals surface area contributed by atoms with Crippen molar-refractivity contribution in [3.63, 3.8) is 0 Å². The minimum atomic E-state index is -0.0377. The summed E-state index contributed by atoms with van der Waals surface area (Å²) < 4.78 is 5.29. The fourth-order valence-electron chi connectivity index (χ4n) is 3.19. The van der Waals surface area contributed by atoms with Crippen molar-refractivity contribution in [2.24, 2.45) is 0 Å². The Morgan fingerprint density at radius 1 is 1.37 bits per heavy atom. The summed E-state index contributed by atoms with van der Waals surface area (Å²) in [4.78, 5) is 16.7. The van der Waals surface area contributed by atoms with Crippen LogP contribution in [0.4, 0.5) is 0 Å². The molecule has 5 heteroatoms. The molecule has 2 atom stereocenters. The molecule has 5 nitrogen and oxygen atoms in total. The van der Waals surface area contributed by atoms with Gasteiger partial charge in [-0.2, -0.15) is 0 Å². The Hall–Kier alpha value is -0.650. The molecule has 0 aromatic rings. The molecule has 0 aromatic carbocycles. The third kappa shape index (κ3) is 3.68. The number of amides is 1. The van der Waals surface area contributed by atoms with Crippen LogP contribution in [0.2, 0.25) is 0 Å². The van der Waals surface area contributed by atoms with Gasteiger partial charge in [-0.1, -0.05) is 0 Å². The maximum Gasteiger partial charge on any atom is 0.239 e. The van der Waals surface area contributed by atoms with Crippen LogP contribution in [0.1, 0.15) is 32.6 Å². The fraction of sp³-hybridized carbons (Fsp3) is 0.929. The van der Waals surface area contributed by atoms with Crippen LogP contribution in [-0.4, -0.2) is 72.4 Å². The Morgan fingerprint density at radius 2 is 2.11 bits per heavy atom. The first-order valence-electron chi connectivity index (χ1n) is 7.47. The lowest BCUT2D eigenvalue weighted by atomic mass is 10.1. The van der Waals surface area contributed by atoms with Gasteiger partial charge in [0.15, 0.2) is 0 Å². The Bertz CT molecular complexity index is 292. The van der Waals surface area contributed by atoms with E-state index in [1.165, 1.54) is 0 Å². The molecular formula is C14H26N2O3. The molecule has 1 amide bonds. The number of ether oxygens (including phenoxy) is 1. The van der Waals surface area contributed by atoms with E-state index in [1.54, 1.807) is 0 Å². The van der Waals surface area contributed by atoms with Gasteiger partial charge >= 0.3 is 0 Å². The van der Waals surface area contributed by atoms with Gasteiger partial charge in [0.1, 0.15) is 0 Å². The molecule has 2 heterocycles. The third-order valence-corrected chi connectivity index (χ3v) is 4.30. The Balaban J connectivity index is 1.89. The van der Waals surface area contributed by atoms with Crippen LogP contribution in [0.25, 0.3) is 0 Å². The average molecular weight is 270 g/mol. The summed E-state index contributed by atoms with van der Waals surface area (Å²) in [7, 11) is 0. The highest BCUT2D eigenvalue weighted by Gasteiger charge is 2.33. The molecule has 2 saturated heterocycles. The second-order valence-corrected chi connectivity index (χ2v) is 5.51. The van der Waals surface area contributed by atoms with E-state index in [0.29, 0.717) is 19.3 Å². The van der Waals surface area contributed by atoms with Gasteiger partial charge in [0, 0.05) is 25.7 Å². The summed E-state index contributed by atoms with van der Waals surface area (Å²) in [5.41, 5.74) is 0. The summed E-state index contributed by atoms with van der Waals surface area (Å²) >= 11 is 0. The Labute approximate surface area is 115 Å². The second kappa shape index (κ2) is 7.22. The summed E-state index contributed by atoms with van der Waals surface area (Å²) in [6.45, 7) is 6.04. The van der Waals surface area contributed by atoms with Gasteiger partial charge in [-0.25, -0.2) is 0 Å². The van der Waals surface area contributed by atoms with E-state index in [4.69, 9.17) is 9.84 Å². The van der Waals surface area contributed by atoms with Gasteiger partial charge in [-0.3, -0.25) is 9.69 Å². The standard InChI is InChI=1S/C14H26N2O3/c1-12(14(18)15-7-10-19-11-8-15)16-6-2-4-13(16)5-3-9-17/h12-13,17H,2-11H2,1H3. The lowest BCUT2D eigenvalue weighted by Gasteiger charge is -2.35. The van der Waals surface area contributed by atoms with Crippen LogP contribution in [-0.2, 0) is 9.53 Å². The first-order valence-corrected chi connectivity index (χ1v) is 7.47. The topological polar surface area (TPSA) is 53.0 Å². The predicted octanol–water partition coefficient (Wildman–Crippen LogP) is 0.471. The molecule has 2 fully saturated rings. The minimum Gasteiger partial charge on any atom is -0.396 e. The number of aliphatic hydroxyl groups is 1. The van der Waals surface area contributed by atoms with Gasteiger partial charge in [0.05, 0.1) is 19.3 Å². The average Bonchev–Trinajstić information content (AvgIpc) is 2.92. The number of hydrogen-bond acceptors (Lipinski definition) is 4. The van der Waals surface area contributed by atoms with Gasteiger partial charge < -0.3 is 14.7 Å². The van der Waals surface area contributed by atoms with Crippen LogP contribution in [0, 0.1) is 0 Å². The zero-order valence-electron chi connectivity index (χ0n) is 11.9. The van der Waals surface area contributed by atoms with Crippen molar-refractivity contribution in [3.8, 4) is 0 Å². The van der Waals surface area contributed by atoms with Crippen molar-refractivity contribution in [3.05, 3.63) is 0 Å². The molecule has 0 bridgehead atoms. The van der Waals surface area contributed by atoms with E-state index in [-0.39, 0.29) is 18.6 Å². The first-order chi connectivity index (χ1) is 9.24. The Kier molecular flexibility index (Phi) is 5.60. The van der Waals surface area contributed by atoms with E-state index in [0.717, 1.165) is 45.3 Å². The molecule has 0 spiro atoms. The molecule has 0 aliphatic carbocycles. The van der Waals surface area contributed by atoms with E-state index in [9.17, 15) is 4.79 Å². The second-order valence-electron chi connectivity index (χ2n) is 5.51. The molecule has 2 aliphatic rings. The lowest BCUT2D eigenvalue weighted by molar-refractivity contribution is -0.140. The molecular weight excluding hydrogens is 244 g/mol. The molecule has 2 aliphatic heterocycles. The number of likely N-dealkylation sites (tertiary alicyclic amines) is 1. The zero-order chi connectivity index (χ0) is 13.7. The smallest absolute Gasteiger partial charge is 0.239 e. The van der Waals surface area contributed by atoms with Gasteiger partial charge in [0.25, 0.3) is 0 Å². The number of rotatable bonds is 5. The van der Waals surface area contributed by atoms with Crippen molar-refractivity contribution in [1.82, 2.24) is 9.80 Å². The maximum absolute atomic E-state index is 12.5. The van der Waals surface area contributed by atoms with Crippen LogP contribution < -0.4 is 0 Å². The minimum absolute atomic E-state index is 0.0377. The zero-order valence-corrected chi connectivity index (χ0v) is 11.9. The summed E-state index contributed by atoms with van der Waals surface area (Å²) in [6.07, 6.45) is 4.15. The maximum atomic E-state index is 12.5. The first kappa shape index (κ1) is 14.8. The van der Waals surface area contributed by atoms with Crippen molar-refractivity contribution in [2.75, 3.05) is 39.5 Å². The normalized spacial score (nSPS) is 26.6. The van der Waals surface area contributed by atoms with Crippen molar-refractivity contribution >= 4 is 5.91 Å². The van der Waals surface area contributed by atoms with E-state index in [2.05, 4.69) is 4.90 Å². The predicted molar refractivity (Wildman–Crippen MR) is 72.9 cm³/mol. The molecule has 2 rings (SSSR count). The van der Waals surface area contributed by atoms with Crippen LogP contribution in [0.15, 0.2) is 0 Å². The largest absolute Gasteiger partial charge is 0.396 e. The molecule has 1 N–H and O–H groups in total. The molecule has 19 heavy (non-hydrogen) atoms. The number of carbonyl (C=O) groups excluding carboxylic acids is 1. The quantitative estimate of drug-likeness (QED) is 0.789. The highest BCUT2D eigenvalue weighted by Crippen LogP contribution is 2.24. The van der Waals surface area contributed by atoms with Gasteiger partial charge in [-0.05, 0) is 39.2 Å². The van der Waals surface area contributed by atoms with Gasteiger partial charge in [0.2, 0.25) is 5.91 Å². The van der Waals surface area contributed by atoms with Crippen molar-refractivity contribution < 1.29 is 14.6 Å². The molecule has 110 valence electrons.